The van der Waals surface area contributed by atoms with Gasteiger partial charge in [0.2, 0.25) is 0 Å². The van der Waals surface area contributed by atoms with Crippen LogP contribution in [0.4, 0.5) is 0 Å². The zero-order valence-corrected chi connectivity index (χ0v) is 13.3. The molecule has 0 spiro atoms. The summed E-state index contributed by atoms with van der Waals surface area (Å²) in [5.41, 5.74) is 1.58. The fourth-order valence-electron chi connectivity index (χ4n) is 4.02. The van der Waals surface area contributed by atoms with Gasteiger partial charge in [-0.25, -0.2) is 0 Å². The molecular formula is C16H21Cl2NO. The van der Waals surface area contributed by atoms with Gasteiger partial charge in [0.05, 0.1) is 10.0 Å². The van der Waals surface area contributed by atoms with E-state index in [1.165, 1.54) is 12.0 Å². The summed E-state index contributed by atoms with van der Waals surface area (Å²) in [6, 6.07) is 6.14. The molecule has 1 saturated carbocycles. The van der Waals surface area contributed by atoms with Crippen LogP contribution in [0.25, 0.3) is 0 Å². The molecule has 1 N–H and O–H groups in total. The Morgan fingerprint density at radius 3 is 2.80 bits per heavy atom. The average Bonchev–Trinajstić information content (AvgIpc) is 3.12. The minimum atomic E-state index is 0.243. The molecule has 1 saturated heterocycles. The van der Waals surface area contributed by atoms with E-state index >= 15 is 0 Å². The molecule has 0 radical (unpaired) electrons. The summed E-state index contributed by atoms with van der Waals surface area (Å²) in [5.74, 6) is 1.48. The molecule has 2 aliphatic rings. The van der Waals surface area contributed by atoms with Crippen molar-refractivity contribution in [1.29, 1.82) is 0 Å². The second-order valence-corrected chi connectivity index (χ2v) is 6.64. The van der Waals surface area contributed by atoms with Crippen LogP contribution in [0.3, 0.4) is 0 Å². The predicted molar refractivity (Wildman–Crippen MR) is 83.7 cm³/mol. The lowest BCUT2D eigenvalue weighted by molar-refractivity contribution is 0.134. The van der Waals surface area contributed by atoms with Crippen LogP contribution in [0.1, 0.15) is 25.3 Å². The lowest BCUT2D eigenvalue weighted by Gasteiger charge is -2.19. The zero-order valence-electron chi connectivity index (χ0n) is 11.8. The topological polar surface area (TPSA) is 21.3 Å². The van der Waals surface area contributed by atoms with Crippen molar-refractivity contribution < 1.29 is 4.74 Å². The van der Waals surface area contributed by atoms with Crippen molar-refractivity contribution in [3.8, 4) is 0 Å². The smallest absolute Gasteiger partial charge is 0.0595 e. The van der Waals surface area contributed by atoms with Gasteiger partial charge in [-0.05, 0) is 62.4 Å². The first-order valence-electron chi connectivity index (χ1n) is 7.44. The molecule has 1 aromatic rings. The van der Waals surface area contributed by atoms with Crippen molar-refractivity contribution in [2.75, 3.05) is 26.3 Å². The van der Waals surface area contributed by atoms with E-state index in [9.17, 15) is 0 Å². The Kier molecular flexibility index (Phi) is 4.28. The highest BCUT2D eigenvalue weighted by Crippen LogP contribution is 2.64. The standard InChI is InChI=1S/C16H21Cl2NO/c1-2-20-8-6-16(12-5-7-19-10-13(12)16)11-3-4-14(17)15(18)9-11/h3-4,9,12-13,19H,2,5-8,10H2,1H3/t12-,13?,16-/m0/s1. The molecule has 0 bridgehead atoms. The van der Waals surface area contributed by atoms with Crippen LogP contribution < -0.4 is 5.32 Å². The molecule has 3 rings (SSSR count). The van der Waals surface area contributed by atoms with Crippen LogP contribution in [0.5, 0.6) is 0 Å². The number of fused-ring (bicyclic) bond motifs is 1. The maximum absolute atomic E-state index is 6.23. The third kappa shape index (κ3) is 2.37. The Balaban J connectivity index is 1.87. The van der Waals surface area contributed by atoms with Crippen LogP contribution in [0.2, 0.25) is 10.0 Å². The Morgan fingerprint density at radius 2 is 2.15 bits per heavy atom. The highest BCUT2D eigenvalue weighted by molar-refractivity contribution is 6.42. The van der Waals surface area contributed by atoms with E-state index in [-0.39, 0.29) is 5.41 Å². The first-order chi connectivity index (χ1) is 9.70. The molecule has 1 unspecified atom stereocenters. The Hall–Kier alpha value is -0.280. The number of ether oxygens (including phenoxy) is 1. The summed E-state index contributed by atoms with van der Waals surface area (Å²) in [6.07, 6.45) is 2.33. The van der Waals surface area contributed by atoms with Crippen LogP contribution >= 0.6 is 23.2 Å². The van der Waals surface area contributed by atoms with Gasteiger partial charge in [-0.15, -0.1) is 0 Å². The van der Waals surface area contributed by atoms with Crippen LogP contribution in [0.15, 0.2) is 18.2 Å². The Morgan fingerprint density at radius 1 is 1.30 bits per heavy atom. The van der Waals surface area contributed by atoms with E-state index in [4.69, 9.17) is 27.9 Å². The molecule has 0 amide bonds. The molecule has 20 heavy (non-hydrogen) atoms. The normalized spacial score (nSPS) is 31.9. The lowest BCUT2D eigenvalue weighted by atomic mass is 9.88. The SMILES string of the molecule is CCOCC[C@@]1(c2ccc(Cl)c(Cl)c2)C2CNCC[C@@H]21. The molecule has 4 heteroatoms. The second-order valence-electron chi connectivity index (χ2n) is 5.82. The van der Waals surface area contributed by atoms with Crippen LogP contribution in [0, 0.1) is 11.8 Å². The molecular weight excluding hydrogens is 293 g/mol. The number of hydrogen-bond donors (Lipinski definition) is 1. The van der Waals surface area contributed by atoms with Crippen molar-refractivity contribution in [2.24, 2.45) is 11.8 Å². The average molecular weight is 314 g/mol. The highest BCUT2D eigenvalue weighted by Gasteiger charge is 2.64. The molecule has 1 aromatic carbocycles. The van der Waals surface area contributed by atoms with E-state index < -0.39 is 0 Å². The monoisotopic (exact) mass is 313 g/mol. The number of piperidine rings is 1. The van der Waals surface area contributed by atoms with Crippen molar-refractivity contribution in [2.45, 2.75) is 25.2 Å². The third-order valence-electron chi connectivity index (χ3n) is 5.02. The van der Waals surface area contributed by atoms with Gasteiger partial charge in [0.1, 0.15) is 0 Å². The fraction of sp³-hybridized carbons (Fsp3) is 0.625. The van der Waals surface area contributed by atoms with Crippen molar-refractivity contribution >= 4 is 23.2 Å². The summed E-state index contributed by atoms with van der Waals surface area (Å²) < 4.78 is 5.61. The summed E-state index contributed by atoms with van der Waals surface area (Å²) in [4.78, 5) is 0. The molecule has 2 fully saturated rings. The molecule has 1 heterocycles. The Labute approximate surface area is 130 Å². The van der Waals surface area contributed by atoms with Gasteiger partial charge in [0, 0.05) is 18.6 Å². The minimum absolute atomic E-state index is 0.243. The summed E-state index contributed by atoms with van der Waals surface area (Å²) >= 11 is 12.3. The van der Waals surface area contributed by atoms with Gasteiger partial charge >= 0.3 is 0 Å². The molecule has 0 aromatic heterocycles. The number of rotatable bonds is 5. The summed E-state index contributed by atoms with van der Waals surface area (Å²) in [7, 11) is 0. The maximum atomic E-state index is 6.23. The Bertz CT molecular complexity index is 479. The van der Waals surface area contributed by atoms with Crippen molar-refractivity contribution in [3.63, 3.8) is 0 Å². The molecule has 2 nitrogen and oxygen atoms in total. The number of hydrogen-bond acceptors (Lipinski definition) is 2. The van der Waals surface area contributed by atoms with Crippen molar-refractivity contribution in [1.82, 2.24) is 5.32 Å². The third-order valence-corrected chi connectivity index (χ3v) is 5.76. The van der Waals surface area contributed by atoms with Gasteiger partial charge in [-0.1, -0.05) is 29.3 Å². The summed E-state index contributed by atoms with van der Waals surface area (Å²) in [5, 5.41) is 4.82. The quantitative estimate of drug-likeness (QED) is 0.832. The van der Waals surface area contributed by atoms with Gasteiger partial charge < -0.3 is 10.1 Å². The zero-order chi connectivity index (χ0) is 14.2. The number of halogens is 2. The number of benzene rings is 1. The fourth-order valence-corrected chi connectivity index (χ4v) is 4.32. The van der Waals surface area contributed by atoms with Crippen LogP contribution in [-0.2, 0) is 10.2 Å². The van der Waals surface area contributed by atoms with E-state index in [2.05, 4.69) is 17.4 Å². The van der Waals surface area contributed by atoms with Crippen molar-refractivity contribution in [3.05, 3.63) is 33.8 Å². The van der Waals surface area contributed by atoms with Gasteiger partial charge in [-0.3, -0.25) is 0 Å². The van der Waals surface area contributed by atoms with E-state index in [0.717, 1.165) is 38.6 Å². The van der Waals surface area contributed by atoms with E-state index in [0.29, 0.717) is 16.0 Å². The predicted octanol–water partition coefficient (Wildman–Crippen LogP) is 3.90. The second kappa shape index (κ2) is 5.84. The lowest BCUT2D eigenvalue weighted by Crippen LogP contribution is -2.24. The molecule has 1 aliphatic carbocycles. The highest BCUT2D eigenvalue weighted by atomic mass is 35.5. The van der Waals surface area contributed by atoms with Crippen LogP contribution in [-0.4, -0.2) is 26.3 Å². The van der Waals surface area contributed by atoms with E-state index in [1.807, 2.05) is 13.0 Å². The summed E-state index contributed by atoms with van der Waals surface area (Å²) in [6.45, 7) is 5.89. The molecule has 1 aliphatic heterocycles. The largest absolute Gasteiger partial charge is 0.382 e. The minimum Gasteiger partial charge on any atom is -0.382 e. The van der Waals surface area contributed by atoms with Gasteiger partial charge in [0.25, 0.3) is 0 Å². The number of nitrogens with one attached hydrogen (secondary N) is 1. The molecule has 110 valence electrons. The first-order valence-corrected chi connectivity index (χ1v) is 8.19. The maximum Gasteiger partial charge on any atom is 0.0595 e. The van der Waals surface area contributed by atoms with Gasteiger partial charge in [-0.2, -0.15) is 0 Å². The molecule has 3 atom stereocenters. The first kappa shape index (κ1) is 14.6. The van der Waals surface area contributed by atoms with Gasteiger partial charge in [0.15, 0.2) is 0 Å². The van der Waals surface area contributed by atoms with E-state index in [1.54, 1.807) is 0 Å².